The Balaban J connectivity index is 1.03. The Morgan fingerprint density at radius 3 is 1.65 bits per heavy atom. The van der Waals surface area contributed by atoms with Crippen LogP contribution in [-0.4, -0.2) is 0 Å². The molecule has 0 bridgehead atoms. The highest BCUT2D eigenvalue weighted by atomic mass is 16.3. The SMILES string of the molecule is CC1(c2ccccc2)c2ccccc2-c2ccc(-c3ccc(N(c4cccc5c4-c4ccccc4C5(c4ccccc4)c4ccccc4)c4cccc5oc6ccccc6c45)cc3)cc21. The van der Waals surface area contributed by atoms with E-state index in [1.54, 1.807) is 0 Å². The summed E-state index contributed by atoms with van der Waals surface area (Å²) in [6.07, 6.45) is 0. The fourth-order valence-corrected chi connectivity index (χ4v) is 11.6. The molecule has 0 radical (unpaired) electrons. The second-order valence-corrected chi connectivity index (χ2v) is 17.7. The van der Waals surface area contributed by atoms with E-state index in [-0.39, 0.29) is 5.41 Å². The average molecular weight is 830 g/mol. The first kappa shape index (κ1) is 37.4. The highest BCUT2D eigenvalue weighted by Gasteiger charge is 2.47. The van der Waals surface area contributed by atoms with Gasteiger partial charge in [-0.25, -0.2) is 0 Å². The number of fused-ring (bicyclic) bond motifs is 9. The van der Waals surface area contributed by atoms with Crippen molar-refractivity contribution in [1.29, 1.82) is 0 Å². The average Bonchev–Trinajstić information content (AvgIpc) is 4.00. The molecule has 65 heavy (non-hydrogen) atoms. The lowest BCUT2D eigenvalue weighted by atomic mass is 9.68. The van der Waals surface area contributed by atoms with Crippen molar-refractivity contribution in [2.24, 2.45) is 0 Å². The zero-order chi connectivity index (χ0) is 43.1. The Hall–Kier alpha value is -8.20. The summed E-state index contributed by atoms with van der Waals surface area (Å²) in [5.74, 6) is 0. The third kappa shape index (κ3) is 5.35. The van der Waals surface area contributed by atoms with Crippen molar-refractivity contribution >= 4 is 39.0 Å². The van der Waals surface area contributed by atoms with Crippen molar-refractivity contribution in [1.82, 2.24) is 0 Å². The van der Waals surface area contributed by atoms with Crippen LogP contribution in [0.4, 0.5) is 17.1 Å². The summed E-state index contributed by atoms with van der Waals surface area (Å²) >= 11 is 0. The molecule has 1 unspecified atom stereocenters. The normalized spacial score (nSPS) is 15.3. The summed E-state index contributed by atoms with van der Waals surface area (Å²) in [6, 6.07) is 89.1. The van der Waals surface area contributed by atoms with Gasteiger partial charge in [-0.3, -0.25) is 0 Å². The van der Waals surface area contributed by atoms with Crippen LogP contribution in [0.3, 0.4) is 0 Å². The van der Waals surface area contributed by atoms with Crippen LogP contribution in [0.5, 0.6) is 0 Å². The summed E-state index contributed by atoms with van der Waals surface area (Å²) in [6.45, 7) is 2.39. The maximum Gasteiger partial charge on any atom is 0.137 e. The molecule has 13 rings (SSSR count). The molecule has 0 N–H and O–H groups in total. The van der Waals surface area contributed by atoms with Crippen LogP contribution in [0.2, 0.25) is 0 Å². The lowest BCUT2D eigenvalue weighted by Gasteiger charge is -2.34. The van der Waals surface area contributed by atoms with Gasteiger partial charge < -0.3 is 9.32 Å². The smallest absolute Gasteiger partial charge is 0.137 e. The number of anilines is 3. The summed E-state index contributed by atoms with van der Waals surface area (Å²) in [4.78, 5) is 2.47. The minimum Gasteiger partial charge on any atom is -0.456 e. The van der Waals surface area contributed by atoms with E-state index in [2.05, 4.69) is 254 Å². The summed E-state index contributed by atoms with van der Waals surface area (Å²) in [5, 5.41) is 2.18. The third-order valence-corrected chi connectivity index (χ3v) is 14.4. The van der Waals surface area contributed by atoms with E-state index in [0.29, 0.717) is 0 Å². The molecule has 0 saturated carbocycles. The van der Waals surface area contributed by atoms with E-state index in [9.17, 15) is 0 Å². The standard InChI is InChI=1S/C63H43NO/c1-62(44-19-5-2-6-20-44)52-28-14-11-25-48(52)49-40-37-43(41-55(49)62)42-35-38-47(39-36-42)64(57-32-18-34-59-61(57)51-27-13-16-33-58(51)65-59)56-31-17-30-54-60(56)50-26-12-15-29-53(50)63(54,45-21-7-3-8-22-45)46-23-9-4-10-24-46/h2-41H,1H3. The molecule has 0 amide bonds. The Kier molecular flexibility index (Phi) is 8.29. The van der Waals surface area contributed by atoms with E-state index < -0.39 is 5.41 Å². The predicted octanol–water partition coefficient (Wildman–Crippen LogP) is 16.4. The highest BCUT2D eigenvalue weighted by molar-refractivity contribution is 6.14. The van der Waals surface area contributed by atoms with Crippen LogP contribution in [0.25, 0.3) is 55.3 Å². The first-order valence-electron chi connectivity index (χ1n) is 22.6. The molecule has 10 aromatic carbocycles. The van der Waals surface area contributed by atoms with Crippen molar-refractivity contribution in [3.05, 3.63) is 282 Å². The summed E-state index contributed by atoms with van der Waals surface area (Å²) in [7, 11) is 0. The van der Waals surface area contributed by atoms with E-state index >= 15 is 0 Å². The van der Waals surface area contributed by atoms with Gasteiger partial charge in [-0.05, 0) is 116 Å². The quantitative estimate of drug-likeness (QED) is 0.159. The molecule has 1 atom stereocenters. The van der Waals surface area contributed by atoms with E-state index in [1.165, 1.54) is 72.3 Å². The van der Waals surface area contributed by atoms with Crippen molar-refractivity contribution in [2.45, 2.75) is 17.8 Å². The van der Waals surface area contributed by atoms with Crippen LogP contribution >= 0.6 is 0 Å². The van der Waals surface area contributed by atoms with Gasteiger partial charge in [0, 0.05) is 22.1 Å². The molecule has 2 aliphatic carbocycles. The molecule has 0 saturated heterocycles. The van der Waals surface area contributed by atoms with Crippen molar-refractivity contribution in [3.63, 3.8) is 0 Å². The zero-order valence-electron chi connectivity index (χ0n) is 35.9. The molecule has 0 aliphatic heterocycles. The number of hydrogen-bond acceptors (Lipinski definition) is 2. The molecule has 0 spiro atoms. The van der Waals surface area contributed by atoms with Gasteiger partial charge in [-0.1, -0.05) is 200 Å². The van der Waals surface area contributed by atoms with E-state index in [1.807, 2.05) is 0 Å². The third-order valence-electron chi connectivity index (χ3n) is 14.4. The molecular weight excluding hydrogens is 787 g/mol. The maximum atomic E-state index is 6.57. The van der Waals surface area contributed by atoms with Crippen LogP contribution in [0, 0.1) is 0 Å². The van der Waals surface area contributed by atoms with Gasteiger partial charge in [0.05, 0.1) is 22.2 Å². The first-order valence-corrected chi connectivity index (χ1v) is 22.6. The Labute approximate surface area is 379 Å². The van der Waals surface area contributed by atoms with E-state index in [0.717, 1.165) is 39.0 Å². The minimum atomic E-state index is -0.532. The van der Waals surface area contributed by atoms with Gasteiger partial charge in [0.2, 0.25) is 0 Å². The molecule has 0 fully saturated rings. The van der Waals surface area contributed by atoms with Crippen molar-refractivity contribution in [3.8, 4) is 33.4 Å². The largest absolute Gasteiger partial charge is 0.456 e. The first-order chi connectivity index (χ1) is 32.1. The molecule has 1 heterocycles. The van der Waals surface area contributed by atoms with Crippen molar-refractivity contribution in [2.75, 3.05) is 4.90 Å². The molecule has 2 nitrogen and oxygen atoms in total. The monoisotopic (exact) mass is 829 g/mol. The van der Waals surface area contributed by atoms with Crippen molar-refractivity contribution < 1.29 is 4.42 Å². The Morgan fingerprint density at radius 2 is 0.908 bits per heavy atom. The van der Waals surface area contributed by atoms with Gasteiger partial charge in [0.25, 0.3) is 0 Å². The molecule has 2 aliphatic rings. The van der Waals surface area contributed by atoms with Crippen LogP contribution in [0.1, 0.15) is 45.9 Å². The zero-order valence-corrected chi connectivity index (χ0v) is 35.9. The minimum absolute atomic E-state index is 0.273. The molecule has 1 aromatic heterocycles. The summed E-state index contributed by atoms with van der Waals surface area (Å²) in [5.41, 5.74) is 20.7. The molecular formula is C63H43NO. The van der Waals surface area contributed by atoms with E-state index in [4.69, 9.17) is 4.42 Å². The molecule has 2 heteroatoms. The van der Waals surface area contributed by atoms with Gasteiger partial charge in [0.15, 0.2) is 0 Å². The highest BCUT2D eigenvalue weighted by Crippen LogP contribution is 2.60. The van der Waals surface area contributed by atoms with Crippen LogP contribution in [-0.2, 0) is 10.8 Å². The summed E-state index contributed by atoms with van der Waals surface area (Å²) < 4.78 is 6.57. The second kappa shape index (κ2) is 14.4. The topological polar surface area (TPSA) is 16.4 Å². The lowest BCUT2D eigenvalue weighted by Crippen LogP contribution is -2.28. The Morgan fingerprint density at radius 1 is 0.369 bits per heavy atom. The van der Waals surface area contributed by atoms with Crippen LogP contribution < -0.4 is 4.90 Å². The number of furan rings is 1. The lowest BCUT2D eigenvalue weighted by molar-refractivity contribution is 0.669. The molecule has 11 aromatic rings. The number of hydrogen-bond donors (Lipinski definition) is 0. The maximum absolute atomic E-state index is 6.57. The molecule has 306 valence electrons. The fraction of sp³-hybridized carbons (Fsp3) is 0.0476. The predicted molar refractivity (Wildman–Crippen MR) is 269 cm³/mol. The van der Waals surface area contributed by atoms with Gasteiger partial charge >= 0.3 is 0 Å². The second-order valence-electron chi connectivity index (χ2n) is 17.7. The van der Waals surface area contributed by atoms with Gasteiger partial charge in [-0.2, -0.15) is 0 Å². The number of nitrogens with zero attached hydrogens (tertiary/aromatic N) is 1. The number of benzene rings is 10. The Bertz CT molecular complexity index is 3570. The van der Waals surface area contributed by atoms with Crippen LogP contribution in [0.15, 0.2) is 247 Å². The number of rotatable bonds is 7. The number of para-hydroxylation sites is 1. The van der Waals surface area contributed by atoms with Gasteiger partial charge in [0.1, 0.15) is 11.2 Å². The fourth-order valence-electron chi connectivity index (χ4n) is 11.6. The van der Waals surface area contributed by atoms with Gasteiger partial charge in [-0.15, -0.1) is 0 Å².